The lowest BCUT2D eigenvalue weighted by Gasteiger charge is -1.98. The van der Waals surface area contributed by atoms with Crippen molar-refractivity contribution in [1.82, 2.24) is 0 Å². The summed E-state index contributed by atoms with van der Waals surface area (Å²) in [5.41, 5.74) is 1.55. The lowest BCUT2D eigenvalue weighted by molar-refractivity contribution is 0.0522. The monoisotopic (exact) mass is 269 g/mol. The molecule has 1 aromatic heterocycles. The Balaban J connectivity index is 2.17. The van der Waals surface area contributed by atoms with Gasteiger partial charge in [-0.15, -0.1) is 0 Å². The van der Waals surface area contributed by atoms with Crippen molar-refractivity contribution in [2.45, 2.75) is 13.8 Å². The first kappa shape index (κ1) is 14.0. The van der Waals surface area contributed by atoms with Crippen LogP contribution in [0, 0.1) is 6.92 Å². The van der Waals surface area contributed by atoms with Gasteiger partial charge >= 0.3 is 17.5 Å². The first-order valence-electron chi connectivity index (χ1n) is 6.54. The lowest BCUT2D eigenvalue weighted by atomic mass is 10.2. The predicted molar refractivity (Wildman–Crippen MR) is 79.2 cm³/mol. The fraction of sp³-hybridized carbons (Fsp3) is 0.176. The summed E-state index contributed by atoms with van der Waals surface area (Å²) in [6, 6.07) is 13.4. The Bertz CT molecular complexity index is 615. The van der Waals surface area contributed by atoms with Crippen LogP contribution in [0.1, 0.15) is 34.4 Å². The molecule has 1 aromatic carbocycles. The third-order valence-electron chi connectivity index (χ3n) is 2.80. The molecule has 2 aromatic rings. The molecule has 0 atom stereocenters. The molecule has 3 heteroatoms. The molecule has 3 nitrogen and oxygen atoms in total. The normalized spacial score (nSPS) is 10.7. The first-order valence-corrected chi connectivity index (χ1v) is 6.54. The molecular weight excluding hydrogens is 252 g/mol. The van der Waals surface area contributed by atoms with Gasteiger partial charge in [0, 0.05) is 12.1 Å². The molecule has 0 bridgehead atoms. The number of benzene rings is 1. The van der Waals surface area contributed by atoms with Gasteiger partial charge < -0.3 is 4.74 Å². The smallest absolute Gasteiger partial charge is 0.353 e. The van der Waals surface area contributed by atoms with Crippen LogP contribution in [0.15, 0.2) is 46.9 Å². The van der Waals surface area contributed by atoms with Crippen LogP contribution in [-0.2, 0) is 4.74 Å². The van der Waals surface area contributed by atoms with E-state index in [2.05, 4.69) is 0 Å². The van der Waals surface area contributed by atoms with Crippen molar-refractivity contribution in [3.8, 4) is 0 Å². The fourth-order valence-electron chi connectivity index (χ4n) is 1.80. The average molecular weight is 269 g/mol. The van der Waals surface area contributed by atoms with E-state index in [1.54, 1.807) is 26.0 Å². The van der Waals surface area contributed by atoms with Crippen molar-refractivity contribution >= 4 is 18.1 Å². The first-order chi connectivity index (χ1) is 9.70. The van der Waals surface area contributed by atoms with Crippen LogP contribution in [0.4, 0.5) is 0 Å². The van der Waals surface area contributed by atoms with Crippen molar-refractivity contribution in [2.24, 2.45) is 0 Å². The minimum absolute atomic E-state index is 0.354. The molecule has 0 aliphatic rings. The Hall–Kier alpha value is -2.42. The fourth-order valence-corrected chi connectivity index (χ4v) is 1.80. The largest absolute Gasteiger partial charge is 0.462 e. The summed E-state index contributed by atoms with van der Waals surface area (Å²) in [6.45, 7) is 3.89. The zero-order valence-corrected chi connectivity index (χ0v) is 11.6. The van der Waals surface area contributed by atoms with E-state index in [-0.39, 0.29) is 5.97 Å². The maximum absolute atomic E-state index is 11.7. The lowest BCUT2D eigenvalue weighted by Crippen LogP contribution is -2.06. The second-order valence-electron chi connectivity index (χ2n) is 4.27. The van der Waals surface area contributed by atoms with Crippen LogP contribution in [0.5, 0.6) is 0 Å². The van der Waals surface area contributed by atoms with Crippen LogP contribution in [0.3, 0.4) is 0 Å². The van der Waals surface area contributed by atoms with E-state index in [1.807, 2.05) is 42.5 Å². The van der Waals surface area contributed by atoms with Crippen molar-refractivity contribution in [1.29, 1.82) is 0 Å². The molecule has 0 spiro atoms. The van der Waals surface area contributed by atoms with Gasteiger partial charge in [0.25, 0.3) is 0 Å². The molecule has 1 heterocycles. The molecule has 0 radical (unpaired) electrons. The molecule has 102 valence electrons. The molecule has 0 unspecified atom stereocenters. The summed E-state index contributed by atoms with van der Waals surface area (Å²) < 4.78 is 10.6. The number of aryl methyl sites for hydroxylation is 1. The van der Waals surface area contributed by atoms with Gasteiger partial charge in [-0.3, -0.25) is 0 Å². The quantitative estimate of drug-likeness (QED) is 0.616. The van der Waals surface area contributed by atoms with Crippen molar-refractivity contribution in [3.63, 3.8) is 0 Å². The van der Waals surface area contributed by atoms with Crippen molar-refractivity contribution in [2.75, 3.05) is 6.61 Å². The highest BCUT2D eigenvalue weighted by molar-refractivity contribution is 5.90. The van der Waals surface area contributed by atoms with Crippen LogP contribution in [0.25, 0.3) is 12.2 Å². The summed E-state index contributed by atoms with van der Waals surface area (Å²) in [4.78, 5) is 11.7. The highest BCUT2D eigenvalue weighted by Gasteiger charge is 2.20. The molecule has 0 aliphatic carbocycles. The minimum Gasteiger partial charge on any atom is -0.462 e. The molecule has 0 saturated carbocycles. The van der Waals surface area contributed by atoms with Crippen LogP contribution >= 0.6 is 0 Å². The molecule has 2 rings (SSSR count). The van der Waals surface area contributed by atoms with Gasteiger partial charge in [0.1, 0.15) is 0 Å². The van der Waals surface area contributed by atoms with Crippen molar-refractivity contribution < 1.29 is 13.9 Å². The maximum Gasteiger partial charge on any atom is 0.353 e. The van der Waals surface area contributed by atoms with Gasteiger partial charge in [0.2, 0.25) is 0 Å². The van der Waals surface area contributed by atoms with Crippen LogP contribution in [0.2, 0.25) is 0 Å². The van der Waals surface area contributed by atoms with Gasteiger partial charge in [0.05, 0.1) is 13.5 Å². The molecule has 0 amide bonds. The van der Waals surface area contributed by atoms with Crippen LogP contribution in [-0.4, -0.2) is 12.6 Å². The van der Waals surface area contributed by atoms with Gasteiger partial charge in [-0.1, -0.05) is 30.3 Å². The number of rotatable bonds is 4. The number of carbonyl (C=O) groups excluding carboxylic acids is 1. The summed E-state index contributed by atoms with van der Waals surface area (Å²) in [5, 5.41) is 0. The topological polar surface area (TPSA) is 37.6 Å². The van der Waals surface area contributed by atoms with E-state index < -0.39 is 0 Å². The van der Waals surface area contributed by atoms with E-state index in [4.69, 9.17) is 9.15 Å². The minimum atomic E-state index is -0.354. The number of ether oxygens (including phenoxy) is 1. The van der Waals surface area contributed by atoms with Gasteiger partial charge in [-0.2, -0.15) is 0 Å². The molecule has 0 fully saturated rings. The third-order valence-corrected chi connectivity index (χ3v) is 2.80. The van der Waals surface area contributed by atoms with E-state index in [1.165, 1.54) is 0 Å². The van der Waals surface area contributed by atoms with E-state index in [0.29, 0.717) is 23.7 Å². The SMILES string of the molecule is CCOC(=O)c1ccc(C=Cc2ccccc2)[o+]c1C. The Labute approximate surface area is 118 Å². The number of carbonyl (C=O) groups is 1. The van der Waals surface area contributed by atoms with E-state index >= 15 is 0 Å². The third kappa shape index (κ3) is 3.54. The van der Waals surface area contributed by atoms with Gasteiger partial charge in [-0.25, -0.2) is 9.21 Å². The standard InChI is InChI=1S/C17H17O3/c1-3-19-17(18)16-12-11-15(20-13(16)2)10-9-14-7-5-4-6-8-14/h4-12H,3H2,1-2H3/q+1. The highest BCUT2D eigenvalue weighted by Crippen LogP contribution is 2.15. The molecule has 0 aliphatic heterocycles. The zero-order valence-electron chi connectivity index (χ0n) is 11.6. The highest BCUT2D eigenvalue weighted by atomic mass is 16.5. The molecule has 20 heavy (non-hydrogen) atoms. The Morgan fingerprint density at radius 3 is 2.55 bits per heavy atom. The second-order valence-corrected chi connectivity index (χ2v) is 4.27. The summed E-state index contributed by atoms with van der Waals surface area (Å²) in [5.74, 6) is 0.894. The van der Waals surface area contributed by atoms with Crippen molar-refractivity contribution in [3.05, 3.63) is 65.1 Å². The Morgan fingerprint density at radius 2 is 1.90 bits per heavy atom. The van der Waals surface area contributed by atoms with Crippen LogP contribution < -0.4 is 0 Å². The average Bonchev–Trinajstić information content (AvgIpc) is 2.46. The van der Waals surface area contributed by atoms with Gasteiger partial charge in [-0.05, 0) is 24.6 Å². The Kier molecular flexibility index (Phi) is 4.66. The van der Waals surface area contributed by atoms with Gasteiger partial charge in [0.15, 0.2) is 5.56 Å². The zero-order chi connectivity index (χ0) is 14.4. The second kappa shape index (κ2) is 6.66. The van der Waals surface area contributed by atoms with E-state index in [9.17, 15) is 4.79 Å². The maximum atomic E-state index is 11.7. The van der Waals surface area contributed by atoms with E-state index in [0.717, 1.165) is 5.56 Å². The number of hydrogen-bond acceptors (Lipinski definition) is 2. The summed E-state index contributed by atoms with van der Waals surface area (Å²) >= 11 is 0. The number of esters is 1. The predicted octanol–water partition coefficient (Wildman–Crippen LogP) is 4.22. The Morgan fingerprint density at radius 1 is 1.15 bits per heavy atom. The summed E-state index contributed by atoms with van der Waals surface area (Å²) in [7, 11) is 0. The molecular formula is C17H17O3+. The molecule has 0 N–H and O–H groups in total. The number of hydrogen-bond donors (Lipinski definition) is 0. The summed E-state index contributed by atoms with van der Waals surface area (Å²) in [6.07, 6.45) is 3.83. The molecule has 0 saturated heterocycles.